The van der Waals surface area contributed by atoms with E-state index >= 15 is 0 Å². The normalized spacial score (nSPS) is 15.5. The highest BCUT2D eigenvalue weighted by Crippen LogP contribution is 2.16. The molecule has 0 bridgehead atoms. The fraction of sp³-hybridized carbons (Fsp3) is 0.400. The molecule has 1 aliphatic rings. The number of thiophene rings is 1. The molecular weight excluding hydrogens is 300 g/mol. The predicted octanol–water partition coefficient (Wildman–Crippen LogP) is 2.29. The Bertz CT molecular complexity index is 583. The van der Waals surface area contributed by atoms with Crippen LogP contribution in [0.3, 0.4) is 0 Å². The van der Waals surface area contributed by atoms with Gasteiger partial charge in [-0.05, 0) is 17.5 Å². The molecule has 1 aliphatic heterocycles. The summed E-state index contributed by atoms with van der Waals surface area (Å²) in [4.78, 5) is 15.1. The molecule has 1 fully saturated rings. The van der Waals surface area contributed by atoms with Crippen LogP contribution in [0.1, 0.15) is 17.7 Å². The van der Waals surface area contributed by atoms with E-state index < -0.39 is 0 Å². The van der Waals surface area contributed by atoms with E-state index in [1.807, 2.05) is 22.4 Å². The van der Waals surface area contributed by atoms with Crippen molar-refractivity contribution in [3.8, 4) is 5.88 Å². The topological polar surface area (TPSA) is 67.4 Å². The minimum absolute atomic E-state index is 0.00801. The van der Waals surface area contributed by atoms with E-state index in [0.29, 0.717) is 25.5 Å². The number of aromatic nitrogens is 2. The van der Waals surface area contributed by atoms with E-state index in [4.69, 9.17) is 4.74 Å². The summed E-state index contributed by atoms with van der Waals surface area (Å²) in [6.07, 6.45) is 3.33. The highest BCUT2D eigenvalue weighted by Gasteiger charge is 2.24. The molecule has 2 amide bonds. The molecule has 1 N–H and O–H groups in total. The molecule has 0 saturated carbocycles. The number of nitrogens with one attached hydrogen (secondary N) is 1. The number of piperidine rings is 1. The van der Waals surface area contributed by atoms with Gasteiger partial charge in [0.25, 0.3) is 0 Å². The molecule has 3 heterocycles. The zero-order valence-corrected chi connectivity index (χ0v) is 13.0. The van der Waals surface area contributed by atoms with Crippen LogP contribution in [-0.2, 0) is 6.54 Å². The van der Waals surface area contributed by atoms with Crippen molar-refractivity contribution in [2.45, 2.75) is 25.5 Å². The Balaban J connectivity index is 1.42. The number of urea groups is 1. The van der Waals surface area contributed by atoms with Crippen LogP contribution in [0.2, 0.25) is 0 Å². The third-order valence-corrected chi connectivity index (χ3v) is 4.43. The first kappa shape index (κ1) is 14.8. The summed E-state index contributed by atoms with van der Waals surface area (Å²) >= 11 is 1.65. The zero-order valence-electron chi connectivity index (χ0n) is 12.1. The summed E-state index contributed by atoms with van der Waals surface area (Å²) < 4.78 is 5.77. The van der Waals surface area contributed by atoms with Gasteiger partial charge in [0.05, 0.1) is 6.54 Å². The Morgan fingerprint density at radius 1 is 1.36 bits per heavy atom. The van der Waals surface area contributed by atoms with E-state index in [-0.39, 0.29) is 12.1 Å². The molecule has 0 unspecified atom stereocenters. The van der Waals surface area contributed by atoms with Gasteiger partial charge in [-0.3, -0.25) is 0 Å². The smallest absolute Gasteiger partial charge is 0.317 e. The summed E-state index contributed by atoms with van der Waals surface area (Å²) in [6, 6.07) is 7.60. The number of hydrogen-bond acceptors (Lipinski definition) is 5. The minimum atomic E-state index is -0.00801. The highest BCUT2D eigenvalue weighted by molar-refractivity contribution is 7.09. The van der Waals surface area contributed by atoms with Gasteiger partial charge in [-0.25, -0.2) is 4.79 Å². The van der Waals surface area contributed by atoms with Crippen LogP contribution in [0.4, 0.5) is 4.79 Å². The molecule has 0 aliphatic carbocycles. The molecule has 6 nitrogen and oxygen atoms in total. The molecule has 2 aromatic rings. The van der Waals surface area contributed by atoms with Gasteiger partial charge >= 0.3 is 6.03 Å². The Morgan fingerprint density at radius 2 is 2.23 bits per heavy atom. The van der Waals surface area contributed by atoms with Crippen molar-refractivity contribution in [3.05, 3.63) is 40.7 Å². The van der Waals surface area contributed by atoms with E-state index in [9.17, 15) is 4.79 Å². The van der Waals surface area contributed by atoms with E-state index in [0.717, 1.165) is 17.7 Å². The molecule has 116 valence electrons. The fourth-order valence-electron chi connectivity index (χ4n) is 2.39. The molecule has 0 aromatic carbocycles. The summed E-state index contributed by atoms with van der Waals surface area (Å²) in [5, 5.41) is 12.7. The van der Waals surface area contributed by atoms with Crippen LogP contribution in [-0.4, -0.2) is 40.3 Å². The maximum atomic E-state index is 12.1. The van der Waals surface area contributed by atoms with Crippen molar-refractivity contribution >= 4 is 17.4 Å². The van der Waals surface area contributed by atoms with Crippen molar-refractivity contribution in [2.75, 3.05) is 13.1 Å². The first-order chi connectivity index (χ1) is 10.8. The lowest BCUT2D eigenvalue weighted by atomic mass is 10.1. The van der Waals surface area contributed by atoms with Crippen molar-refractivity contribution < 1.29 is 9.53 Å². The summed E-state index contributed by atoms with van der Waals surface area (Å²) in [6.45, 7) is 1.98. The Labute approximate surface area is 133 Å². The fourth-order valence-corrected chi connectivity index (χ4v) is 3.03. The van der Waals surface area contributed by atoms with E-state index in [2.05, 4.69) is 15.5 Å². The van der Waals surface area contributed by atoms with Crippen molar-refractivity contribution in [1.82, 2.24) is 20.4 Å². The molecule has 0 spiro atoms. The molecule has 0 atom stereocenters. The number of hydrogen-bond donors (Lipinski definition) is 1. The number of carbonyl (C=O) groups excluding carboxylic acids is 1. The van der Waals surface area contributed by atoms with Crippen LogP contribution >= 0.6 is 11.3 Å². The summed E-state index contributed by atoms with van der Waals surface area (Å²) in [7, 11) is 0. The molecule has 22 heavy (non-hydrogen) atoms. The van der Waals surface area contributed by atoms with Gasteiger partial charge in [-0.2, -0.15) is 5.10 Å². The van der Waals surface area contributed by atoms with Gasteiger partial charge in [0.2, 0.25) is 5.88 Å². The molecule has 3 rings (SSSR count). The Hall–Kier alpha value is -2.15. The monoisotopic (exact) mass is 318 g/mol. The molecular formula is C15H18N4O2S. The number of amides is 2. The second-order valence-corrected chi connectivity index (χ2v) is 6.14. The Morgan fingerprint density at radius 3 is 2.91 bits per heavy atom. The lowest BCUT2D eigenvalue weighted by Gasteiger charge is -2.31. The lowest BCUT2D eigenvalue weighted by molar-refractivity contribution is 0.106. The van der Waals surface area contributed by atoms with Gasteiger partial charge in [0.15, 0.2) is 0 Å². The largest absolute Gasteiger partial charge is 0.473 e. The van der Waals surface area contributed by atoms with Crippen LogP contribution < -0.4 is 10.1 Å². The second-order valence-electron chi connectivity index (χ2n) is 5.10. The third kappa shape index (κ3) is 3.94. The van der Waals surface area contributed by atoms with Crippen LogP contribution in [0, 0.1) is 0 Å². The van der Waals surface area contributed by atoms with Crippen molar-refractivity contribution in [1.29, 1.82) is 0 Å². The quantitative estimate of drug-likeness (QED) is 0.939. The molecule has 2 aromatic heterocycles. The van der Waals surface area contributed by atoms with Gasteiger partial charge in [-0.15, -0.1) is 16.4 Å². The second kappa shape index (κ2) is 7.22. The van der Waals surface area contributed by atoms with Crippen molar-refractivity contribution in [2.24, 2.45) is 0 Å². The average Bonchev–Trinajstić information content (AvgIpc) is 3.08. The lowest BCUT2D eigenvalue weighted by Crippen LogP contribution is -2.46. The number of rotatable bonds is 4. The van der Waals surface area contributed by atoms with Gasteiger partial charge in [-0.1, -0.05) is 6.07 Å². The maximum absolute atomic E-state index is 12.1. The van der Waals surface area contributed by atoms with Gasteiger partial charge < -0.3 is 15.0 Å². The number of ether oxygens (including phenoxy) is 1. The first-order valence-electron chi connectivity index (χ1n) is 7.31. The average molecular weight is 318 g/mol. The van der Waals surface area contributed by atoms with Crippen LogP contribution in [0.25, 0.3) is 0 Å². The number of nitrogens with zero attached hydrogens (tertiary/aromatic N) is 3. The van der Waals surface area contributed by atoms with Crippen LogP contribution in [0.5, 0.6) is 5.88 Å². The van der Waals surface area contributed by atoms with Gasteiger partial charge in [0, 0.05) is 43.1 Å². The first-order valence-corrected chi connectivity index (χ1v) is 8.19. The summed E-state index contributed by atoms with van der Waals surface area (Å²) in [5.74, 6) is 0.545. The maximum Gasteiger partial charge on any atom is 0.317 e. The molecule has 7 heteroatoms. The van der Waals surface area contributed by atoms with E-state index in [1.54, 1.807) is 29.7 Å². The number of carbonyl (C=O) groups is 1. The summed E-state index contributed by atoms with van der Waals surface area (Å²) in [5.41, 5.74) is 0. The minimum Gasteiger partial charge on any atom is -0.473 e. The van der Waals surface area contributed by atoms with E-state index in [1.165, 1.54) is 0 Å². The zero-order chi connectivity index (χ0) is 15.2. The molecule has 0 radical (unpaired) electrons. The highest BCUT2D eigenvalue weighted by atomic mass is 32.1. The van der Waals surface area contributed by atoms with Crippen LogP contribution in [0.15, 0.2) is 35.8 Å². The predicted molar refractivity (Wildman–Crippen MR) is 83.8 cm³/mol. The standard InChI is InChI=1S/C15H18N4O2S/c20-15(16-11-13-3-2-10-22-13)19-8-5-12(6-9-19)21-14-4-1-7-17-18-14/h1-4,7,10,12H,5-6,8-9,11H2,(H,16,20). The number of likely N-dealkylation sites (tertiary alicyclic amines) is 1. The van der Waals surface area contributed by atoms with Crippen molar-refractivity contribution in [3.63, 3.8) is 0 Å². The Kier molecular flexibility index (Phi) is 4.85. The van der Waals surface area contributed by atoms with Gasteiger partial charge in [0.1, 0.15) is 6.10 Å². The SMILES string of the molecule is O=C(NCc1cccs1)N1CCC(Oc2cccnn2)CC1. The molecule has 1 saturated heterocycles. The third-order valence-electron chi connectivity index (χ3n) is 3.56.